The molecule has 1 aliphatic heterocycles. The van der Waals surface area contributed by atoms with Crippen molar-refractivity contribution >= 4 is 34.0 Å². The molecule has 5 nitrogen and oxygen atoms in total. The van der Waals surface area contributed by atoms with Gasteiger partial charge in [0.2, 0.25) is 6.35 Å². The summed E-state index contributed by atoms with van der Waals surface area (Å²) in [5, 5.41) is 0. The van der Waals surface area contributed by atoms with E-state index in [4.69, 9.17) is 14.7 Å². The molecule has 5 rings (SSSR count). The third-order valence-electron chi connectivity index (χ3n) is 4.82. The van der Waals surface area contributed by atoms with Gasteiger partial charge >= 0.3 is 0 Å². The van der Waals surface area contributed by atoms with E-state index in [0.717, 1.165) is 34.0 Å². The van der Waals surface area contributed by atoms with E-state index in [1.54, 1.807) is 0 Å². The summed E-state index contributed by atoms with van der Waals surface area (Å²) in [4.78, 5) is 14.2. The van der Waals surface area contributed by atoms with Crippen molar-refractivity contribution in [3.05, 3.63) is 84.9 Å². The fraction of sp³-hybridized carbons (Fsp3) is 0.130. The van der Waals surface area contributed by atoms with E-state index in [1.165, 1.54) is 0 Å². The number of anilines is 4. The summed E-state index contributed by atoms with van der Waals surface area (Å²) in [7, 11) is 0. The van der Waals surface area contributed by atoms with Gasteiger partial charge in [0.1, 0.15) is 0 Å². The van der Waals surface area contributed by atoms with Gasteiger partial charge in [0.05, 0.1) is 11.0 Å². The number of benzene rings is 3. The minimum absolute atomic E-state index is 0.360. The van der Waals surface area contributed by atoms with Crippen LogP contribution in [0.4, 0.5) is 23.0 Å². The van der Waals surface area contributed by atoms with Crippen molar-refractivity contribution in [2.45, 2.75) is 13.3 Å². The van der Waals surface area contributed by atoms with Crippen LogP contribution in [0.1, 0.15) is 6.92 Å². The first-order chi connectivity index (χ1) is 13.9. The van der Waals surface area contributed by atoms with E-state index in [0.29, 0.717) is 6.61 Å². The number of para-hydroxylation sites is 4. The van der Waals surface area contributed by atoms with Crippen LogP contribution >= 0.6 is 0 Å². The Bertz CT molecular complexity index is 1020. The molecule has 0 amide bonds. The molecule has 0 radical (unpaired) electrons. The maximum absolute atomic E-state index is 6.22. The van der Waals surface area contributed by atoms with E-state index in [-0.39, 0.29) is 6.35 Å². The average molecular weight is 368 g/mol. The molecule has 138 valence electrons. The monoisotopic (exact) mass is 368 g/mol. The van der Waals surface area contributed by atoms with Crippen LogP contribution in [0.5, 0.6) is 0 Å². The second kappa shape index (κ2) is 6.94. The molecule has 2 heterocycles. The van der Waals surface area contributed by atoms with Crippen LogP contribution < -0.4 is 9.80 Å². The maximum atomic E-state index is 6.22. The smallest absolute Gasteiger partial charge is 0.221 e. The molecule has 0 spiro atoms. The van der Waals surface area contributed by atoms with Crippen LogP contribution in [-0.2, 0) is 4.74 Å². The molecule has 4 aromatic rings. The Morgan fingerprint density at radius 2 is 1.11 bits per heavy atom. The second-order valence-corrected chi connectivity index (χ2v) is 6.55. The van der Waals surface area contributed by atoms with Crippen molar-refractivity contribution in [3.8, 4) is 0 Å². The first-order valence-corrected chi connectivity index (χ1v) is 9.44. The lowest BCUT2D eigenvalue weighted by molar-refractivity contribution is 0.0767. The van der Waals surface area contributed by atoms with E-state index >= 15 is 0 Å². The second-order valence-electron chi connectivity index (χ2n) is 6.55. The number of hydrogen-bond donors (Lipinski definition) is 0. The molecular weight excluding hydrogens is 348 g/mol. The molecule has 0 N–H and O–H groups in total. The molecule has 28 heavy (non-hydrogen) atoms. The number of fused-ring (bicyclic) bond motifs is 2. The van der Waals surface area contributed by atoms with Crippen molar-refractivity contribution < 1.29 is 4.74 Å². The molecule has 0 aliphatic carbocycles. The predicted octanol–water partition coefficient (Wildman–Crippen LogP) is 5.24. The maximum Gasteiger partial charge on any atom is 0.221 e. The molecule has 0 atom stereocenters. The van der Waals surface area contributed by atoms with E-state index in [1.807, 2.05) is 67.6 Å². The lowest BCUT2D eigenvalue weighted by Gasteiger charge is -2.31. The summed E-state index contributed by atoms with van der Waals surface area (Å²) < 4.78 is 6.22. The van der Waals surface area contributed by atoms with Gasteiger partial charge in [-0.15, -0.1) is 0 Å². The molecule has 0 saturated carbocycles. The minimum atomic E-state index is -0.360. The van der Waals surface area contributed by atoms with Gasteiger partial charge in [0, 0.05) is 18.0 Å². The zero-order chi connectivity index (χ0) is 18.9. The van der Waals surface area contributed by atoms with Crippen molar-refractivity contribution in [2.24, 2.45) is 0 Å². The minimum Gasteiger partial charge on any atom is -0.340 e. The van der Waals surface area contributed by atoms with Crippen LogP contribution in [-0.4, -0.2) is 22.9 Å². The third kappa shape index (κ3) is 2.68. The highest BCUT2D eigenvalue weighted by molar-refractivity contribution is 5.88. The molecule has 5 heteroatoms. The van der Waals surface area contributed by atoms with E-state index < -0.39 is 0 Å². The SMILES string of the molecule is CCOC1N(c2ccccc2)c2nc3ccccc3nc2N1c1ccccc1. The fourth-order valence-corrected chi connectivity index (χ4v) is 3.60. The first-order valence-electron chi connectivity index (χ1n) is 9.44. The fourth-order valence-electron chi connectivity index (χ4n) is 3.60. The lowest BCUT2D eigenvalue weighted by atomic mass is 10.3. The van der Waals surface area contributed by atoms with Gasteiger partial charge in [0.15, 0.2) is 11.6 Å². The molecule has 0 fully saturated rings. The molecular formula is C23H20N4O. The van der Waals surface area contributed by atoms with E-state index in [2.05, 4.69) is 34.1 Å². The topological polar surface area (TPSA) is 41.5 Å². The highest BCUT2D eigenvalue weighted by Crippen LogP contribution is 2.46. The van der Waals surface area contributed by atoms with Gasteiger partial charge in [-0.05, 0) is 43.3 Å². The van der Waals surface area contributed by atoms with Crippen LogP contribution in [0.2, 0.25) is 0 Å². The Kier molecular flexibility index (Phi) is 4.14. The van der Waals surface area contributed by atoms with Crippen molar-refractivity contribution in [1.29, 1.82) is 0 Å². The predicted molar refractivity (Wildman–Crippen MR) is 112 cm³/mol. The Hall–Kier alpha value is -3.44. The lowest BCUT2D eigenvalue weighted by Crippen LogP contribution is -2.40. The Balaban J connectivity index is 1.77. The van der Waals surface area contributed by atoms with Crippen LogP contribution in [0.15, 0.2) is 84.9 Å². The number of rotatable bonds is 4. The molecule has 0 bridgehead atoms. The largest absolute Gasteiger partial charge is 0.340 e. The summed E-state index contributed by atoms with van der Waals surface area (Å²) in [5.74, 6) is 1.60. The summed E-state index contributed by atoms with van der Waals surface area (Å²) >= 11 is 0. The van der Waals surface area contributed by atoms with Crippen molar-refractivity contribution in [3.63, 3.8) is 0 Å². The zero-order valence-electron chi connectivity index (χ0n) is 15.6. The number of nitrogens with zero attached hydrogens (tertiary/aromatic N) is 4. The molecule has 0 unspecified atom stereocenters. The molecule has 1 aromatic heterocycles. The van der Waals surface area contributed by atoms with Crippen molar-refractivity contribution in [1.82, 2.24) is 9.97 Å². The highest BCUT2D eigenvalue weighted by atomic mass is 16.5. The summed E-state index contributed by atoms with van der Waals surface area (Å²) in [6.45, 7) is 2.58. The highest BCUT2D eigenvalue weighted by Gasteiger charge is 2.41. The van der Waals surface area contributed by atoms with Gasteiger partial charge in [0.25, 0.3) is 0 Å². The average Bonchev–Trinajstić information content (AvgIpc) is 3.06. The van der Waals surface area contributed by atoms with Crippen LogP contribution in [0, 0.1) is 0 Å². The summed E-state index contributed by atoms with van der Waals surface area (Å²) in [6, 6.07) is 28.4. The standard InChI is InChI=1S/C23H20N4O/c1-2-28-23-26(17-11-5-3-6-12-17)21-22(27(23)18-13-7-4-8-14-18)25-20-16-10-9-15-19(20)24-21/h3-16,23H,2H2,1H3. The van der Waals surface area contributed by atoms with Crippen molar-refractivity contribution in [2.75, 3.05) is 16.4 Å². The Morgan fingerprint density at radius 1 is 0.679 bits per heavy atom. The van der Waals surface area contributed by atoms with Gasteiger partial charge in [-0.1, -0.05) is 48.5 Å². The van der Waals surface area contributed by atoms with Crippen LogP contribution in [0.3, 0.4) is 0 Å². The molecule has 3 aromatic carbocycles. The van der Waals surface area contributed by atoms with E-state index in [9.17, 15) is 0 Å². The summed E-state index contributed by atoms with van der Waals surface area (Å²) in [5.41, 5.74) is 3.77. The first kappa shape index (κ1) is 16.7. The van der Waals surface area contributed by atoms with Gasteiger partial charge in [-0.25, -0.2) is 9.97 Å². The number of aromatic nitrogens is 2. The number of ether oxygens (including phenoxy) is 1. The Morgan fingerprint density at radius 3 is 1.54 bits per heavy atom. The Labute approximate surface area is 163 Å². The van der Waals surface area contributed by atoms with Crippen LogP contribution in [0.25, 0.3) is 11.0 Å². The summed E-state index contributed by atoms with van der Waals surface area (Å²) in [6.07, 6.45) is -0.360. The molecule has 0 saturated heterocycles. The third-order valence-corrected chi connectivity index (χ3v) is 4.82. The van der Waals surface area contributed by atoms with Gasteiger partial charge in [-0.3, -0.25) is 9.80 Å². The zero-order valence-corrected chi connectivity index (χ0v) is 15.6. The molecule has 1 aliphatic rings. The van der Waals surface area contributed by atoms with Gasteiger partial charge < -0.3 is 4.74 Å². The van der Waals surface area contributed by atoms with Gasteiger partial charge in [-0.2, -0.15) is 0 Å². The quantitative estimate of drug-likeness (QED) is 0.493. The number of hydrogen-bond acceptors (Lipinski definition) is 5. The normalized spacial score (nSPS) is 13.9.